The molecule has 0 amide bonds. The SMILES string of the molecule is CC(C)(CCCCCCCl)c1cc2c(c(O[Si](C)(C)C(C)(C)C)c1)[C@@H]1CC(=O)CC[C@H]1C(C)(C)O2. The maximum absolute atomic E-state index is 12.6. The predicted octanol–water partition coefficient (Wildman–Crippen LogP) is 9.16. The summed E-state index contributed by atoms with van der Waals surface area (Å²) in [5.41, 5.74) is 2.14. The Labute approximate surface area is 220 Å². The van der Waals surface area contributed by atoms with Crippen molar-refractivity contribution in [3.05, 3.63) is 23.3 Å². The van der Waals surface area contributed by atoms with Crippen molar-refractivity contribution < 1.29 is 14.0 Å². The highest BCUT2D eigenvalue weighted by atomic mass is 35.5. The number of Topliss-reactive ketones (excluding diaryl/α,β-unsaturated/α-hetero) is 1. The molecule has 1 aliphatic heterocycles. The van der Waals surface area contributed by atoms with Gasteiger partial charge in [-0.15, -0.1) is 11.6 Å². The van der Waals surface area contributed by atoms with E-state index in [1.54, 1.807) is 0 Å². The number of ketones is 1. The Kier molecular flexibility index (Phi) is 8.49. The van der Waals surface area contributed by atoms with Gasteiger partial charge in [0.15, 0.2) is 0 Å². The quantitative estimate of drug-likeness (QED) is 0.185. The highest BCUT2D eigenvalue weighted by molar-refractivity contribution is 6.74. The van der Waals surface area contributed by atoms with Crippen molar-refractivity contribution in [3.8, 4) is 11.5 Å². The second-order valence-electron chi connectivity index (χ2n) is 13.7. The molecule has 3 rings (SSSR count). The van der Waals surface area contributed by atoms with Crippen molar-refractivity contribution in [2.45, 2.75) is 135 Å². The first kappa shape index (κ1) is 28.6. The van der Waals surface area contributed by atoms with Crippen LogP contribution in [0.4, 0.5) is 0 Å². The fourth-order valence-electron chi connectivity index (χ4n) is 5.62. The van der Waals surface area contributed by atoms with Gasteiger partial charge in [-0.25, -0.2) is 0 Å². The number of alkyl halides is 1. The molecule has 0 unspecified atom stereocenters. The van der Waals surface area contributed by atoms with Gasteiger partial charge in [-0.05, 0) is 74.4 Å². The van der Waals surface area contributed by atoms with E-state index in [9.17, 15) is 4.79 Å². The van der Waals surface area contributed by atoms with Crippen LogP contribution in [0.15, 0.2) is 12.1 Å². The summed E-state index contributed by atoms with van der Waals surface area (Å²) in [6, 6.07) is 4.57. The first-order chi connectivity index (χ1) is 16.1. The minimum absolute atomic E-state index is 0.00821. The summed E-state index contributed by atoms with van der Waals surface area (Å²) in [7, 11) is -2.09. The molecule has 1 aromatic rings. The number of halogens is 1. The highest BCUT2D eigenvalue weighted by Gasteiger charge is 2.49. The van der Waals surface area contributed by atoms with Crippen molar-refractivity contribution >= 4 is 25.7 Å². The topological polar surface area (TPSA) is 35.5 Å². The number of unbranched alkanes of at least 4 members (excludes halogenated alkanes) is 3. The zero-order valence-electron chi connectivity index (χ0n) is 23.8. The van der Waals surface area contributed by atoms with Gasteiger partial charge in [0, 0.05) is 36.1 Å². The van der Waals surface area contributed by atoms with Crippen LogP contribution in [-0.2, 0) is 10.2 Å². The van der Waals surface area contributed by atoms with Crippen LogP contribution in [0.2, 0.25) is 18.1 Å². The Morgan fingerprint density at radius 2 is 1.74 bits per heavy atom. The van der Waals surface area contributed by atoms with Crippen LogP contribution >= 0.6 is 11.6 Å². The number of carbonyl (C=O) groups excluding carboxylic acids is 1. The first-order valence-corrected chi connectivity index (χ1v) is 17.2. The third-order valence-corrected chi connectivity index (χ3v) is 13.7. The number of rotatable bonds is 9. The molecule has 2 aliphatic rings. The minimum Gasteiger partial charge on any atom is -0.543 e. The molecule has 1 fully saturated rings. The fourth-order valence-corrected chi connectivity index (χ4v) is 6.83. The minimum atomic E-state index is -2.09. The lowest BCUT2D eigenvalue weighted by Gasteiger charge is -2.48. The van der Waals surface area contributed by atoms with E-state index in [1.807, 2.05) is 0 Å². The summed E-state index contributed by atoms with van der Waals surface area (Å²) >= 11 is 5.87. The number of carbonyl (C=O) groups is 1. The van der Waals surface area contributed by atoms with Gasteiger partial charge in [-0.1, -0.05) is 53.9 Å². The summed E-state index contributed by atoms with van der Waals surface area (Å²) in [6.07, 6.45) is 7.95. The number of fused-ring (bicyclic) bond motifs is 3. The summed E-state index contributed by atoms with van der Waals surface area (Å²) in [5, 5.41) is 0.0877. The lowest BCUT2D eigenvalue weighted by Crippen LogP contribution is -2.48. The molecule has 5 heteroatoms. The largest absolute Gasteiger partial charge is 0.543 e. The molecule has 3 nitrogen and oxygen atoms in total. The number of benzene rings is 1. The fraction of sp³-hybridized carbons (Fsp3) is 0.767. The van der Waals surface area contributed by atoms with E-state index in [1.165, 1.54) is 24.8 Å². The summed E-state index contributed by atoms with van der Waals surface area (Å²) in [4.78, 5) is 12.6. The smallest absolute Gasteiger partial charge is 0.250 e. The van der Waals surface area contributed by atoms with E-state index in [2.05, 4.69) is 73.7 Å². The summed E-state index contributed by atoms with van der Waals surface area (Å²) < 4.78 is 13.8. The van der Waals surface area contributed by atoms with Crippen molar-refractivity contribution in [1.82, 2.24) is 0 Å². The molecule has 1 heterocycles. The molecule has 0 saturated heterocycles. The third kappa shape index (κ3) is 6.29. The van der Waals surface area contributed by atoms with Gasteiger partial charge >= 0.3 is 0 Å². The van der Waals surface area contributed by atoms with Crippen LogP contribution in [0, 0.1) is 5.92 Å². The van der Waals surface area contributed by atoms with Gasteiger partial charge in [0.1, 0.15) is 22.9 Å². The Bertz CT molecular complexity index is 913. The second-order valence-corrected chi connectivity index (χ2v) is 18.8. The average molecular weight is 521 g/mol. The molecule has 0 bridgehead atoms. The van der Waals surface area contributed by atoms with Gasteiger partial charge in [0.05, 0.1) is 0 Å². The van der Waals surface area contributed by atoms with Gasteiger partial charge in [0.2, 0.25) is 8.32 Å². The normalized spacial score (nSPS) is 22.3. The van der Waals surface area contributed by atoms with Crippen LogP contribution in [-0.4, -0.2) is 25.6 Å². The lowest BCUT2D eigenvalue weighted by atomic mass is 9.66. The van der Waals surface area contributed by atoms with Crippen LogP contribution in [0.3, 0.4) is 0 Å². The van der Waals surface area contributed by atoms with E-state index < -0.39 is 8.32 Å². The Balaban J connectivity index is 2.07. The van der Waals surface area contributed by atoms with Crippen molar-refractivity contribution in [2.24, 2.45) is 5.92 Å². The zero-order chi connectivity index (χ0) is 26.2. The van der Waals surface area contributed by atoms with E-state index in [-0.39, 0.29) is 22.0 Å². The van der Waals surface area contributed by atoms with Gasteiger partial charge in [0.25, 0.3) is 0 Å². The Morgan fingerprint density at radius 3 is 2.37 bits per heavy atom. The van der Waals surface area contributed by atoms with Crippen molar-refractivity contribution in [3.63, 3.8) is 0 Å². The molecule has 1 aliphatic carbocycles. The van der Waals surface area contributed by atoms with E-state index in [0.717, 1.165) is 42.2 Å². The van der Waals surface area contributed by atoms with Crippen molar-refractivity contribution in [1.29, 1.82) is 0 Å². The molecule has 0 aromatic heterocycles. The third-order valence-electron chi connectivity index (χ3n) is 9.05. The van der Waals surface area contributed by atoms with Gasteiger partial charge in [-0.3, -0.25) is 4.79 Å². The molecule has 1 saturated carbocycles. The van der Waals surface area contributed by atoms with E-state index in [4.69, 9.17) is 20.8 Å². The number of hydrogen-bond donors (Lipinski definition) is 0. The Morgan fingerprint density at radius 1 is 1.09 bits per heavy atom. The molecule has 1 aromatic carbocycles. The predicted molar refractivity (Wildman–Crippen MR) is 151 cm³/mol. The molecule has 0 N–H and O–H groups in total. The van der Waals surface area contributed by atoms with Crippen LogP contribution in [0.1, 0.15) is 117 Å². The number of hydrogen-bond acceptors (Lipinski definition) is 3. The highest BCUT2D eigenvalue weighted by Crippen LogP contribution is 2.55. The van der Waals surface area contributed by atoms with Crippen LogP contribution in [0.25, 0.3) is 0 Å². The molecule has 0 spiro atoms. The van der Waals surface area contributed by atoms with E-state index >= 15 is 0 Å². The molecular formula is C30H49ClO3Si. The van der Waals surface area contributed by atoms with Gasteiger partial charge < -0.3 is 9.16 Å². The lowest BCUT2D eigenvalue weighted by molar-refractivity contribution is -0.124. The monoisotopic (exact) mass is 520 g/mol. The standard InChI is InChI=1S/C30H49ClO3Si/c1-28(2,3)35(8,9)34-26-19-21(29(4,5)16-12-10-11-13-17-31)18-25-27(26)23-20-22(32)14-15-24(23)30(6,7)33-25/h18-19,23-24H,10-17,20H2,1-9H3/t23-,24-/m1/s1. The molecule has 2 atom stereocenters. The van der Waals surface area contributed by atoms with Crippen molar-refractivity contribution in [2.75, 3.05) is 5.88 Å². The zero-order valence-corrected chi connectivity index (χ0v) is 25.5. The Hall–Kier alpha value is -1.00. The molecule has 198 valence electrons. The van der Waals surface area contributed by atoms with Crippen LogP contribution in [0.5, 0.6) is 11.5 Å². The maximum atomic E-state index is 12.6. The molecule has 35 heavy (non-hydrogen) atoms. The van der Waals surface area contributed by atoms with Crippen LogP contribution < -0.4 is 9.16 Å². The number of ether oxygens (including phenoxy) is 1. The first-order valence-electron chi connectivity index (χ1n) is 13.7. The average Bonchev–Trinajstić information content (AvgIpc) is 2.71. The maximum Gasteiger partial charge on any atom is 0.250 e. The molecule has 0 radical (unpaired) electrons. The molecular weight excluding hydrogens is 472 g/mol. The second kappa shape index (κ2) is 10.4. The summed E-state index contributed by atoms with van der Waals surface area (Å²) in [5.74, 6) is 3.53. The van der Waals surface area contributed by atoms with Gasteiger partial charge in [-0.2, -0.15) is 0 Å². The summed E-state index contributed by atoms with van der Waals surface area (Å²) in [6.45, 7) is 20.6. The van der Waals surface area contributed by atoms with E-state index in [0.29, 0.717) is 24.5 Å².